The minimum Gasteiger partial charge on any atom is -0.382 e. The molecule has 0 fully saturated rings. The van der Waals surface area contributed by atoms with E-state index in [4.69, 9.17) is 22.2 Å². The summed E-state index contributed by atoms with van der Waals surface area (Å²) in [5, 5.41) is 3.33. The van der Waals surface area contributed by atoms with Gasteiger partial charge in [0, 0.05) is 12.1 Å². The van der Waals surface area contributed by atoms with Gasteiger partial charge in [0.15, 0.2) is 0 Å². The predicted molar refractivity (Wildman–Crippen MR) is 72.7 cm³/mol. The van der Waals surface area contributed by atoms with Gasteiger partial charge in [0.1, 0.15) is 0 Å². The quantitative estimate of drug-likeness (QED) is 0.564. The van der Waals surface area contributed by atoms with Crippen molar-refractivity contribution < 1.29 is 9.53 Å². The van der Waals surface area contributed by atoms with E-state index in [1.54, 1.807) is 25.3 Å². The van der Waals surface area contributed by atoms with Crippen molar-refractivity contribution in [1.29, 1.82) is 0 Å². The van der Waals surface area contributed by atoms with Crippen LogP contribution in [0.25, 0.3) is 0 Å². The molecule has 0 aromatic heterocycles. The van der Waals surface area contributed by atoms with Gasteiger partial charge in [-0.1, -0.05) is 11.6 Å². The number of amides is 1. The summed E-state index contributed by atoms with van der Waals surface area (Å²) in [5.74, 6) is 5.11. The number of hydrogen-bond acceptors (Lipinski definition) is 4. The second kappa shape index (κ2) is 6.04. The van der Waals surface area contributed by atoms with E-state index in [2.05, 4.69) is 10.7 Å². The second-order valence-electron chi connectivity index (χ2n) is 4.61. The molecule has 0 unspecified atom stereocenters. The van der Waals surface area contributed by atoms with Gasteiger partial charge in [0.05, 0.1) is 23.4 Å². The molecule has 0 aliphatic carbocycles. The normalized spacial score (nSPS) is 11.2. The lowest BCUT2D eigenvalue weighted by Crippen LogP contribution is -2.47. The highest BCUT2D eigenvalue weighted by molar-refractivity contribution is 6.31. The van der Waals surface area contributed by atoms with Gasteiger partial charge in [-0.2, -0.15) is 0 Å². The van der Waals surface area contributed by atoms with Crippen molar-refractivity contribution in [2.24, 2.45) is 5.84 Å². The minimum absolute atomic E-state index is 0.257. The van der Waals surface area contributed by atoms with Crippen LogP contribution in [0.4, 0.5) is 5.69 Å². The molecule has 1 aromatic carbocycles. The Labute approximate surface area is 112 Å². The first-order valence-electron chi connectivity index (χ1n) is 5.47. The van der Waals surface area contributed by atoms with E-state index in [0.29, 0.717) is 22.9 Å². The van der Waals surface area contributed by atoms with E-state index in [1.165, 1.54) is 0 Å². The number of carbonyl (C=O) groups excluding carboxylic acids is 1. The third-order valence-corrected chi connectivity index (χ3v) is 2.57. The van der Waals surface area contributed by atoms with Crippen molar-refractivity contribution >= 4 is 23.2 Å². The fraction of sp³-hybridized carbons (Fsp3) is 0.417. The van der Waals surface area contributed by atoms with Crippen LogP contribution in [-0.2, 0) is 4.74 Å². The molecule has 100 valence electrons. The number of nitrogens with one attached hydrogen (secondary N) is 2. The highest BCUT2D eigenvalue weighted by Crippen LogP contribution is 2.20. The lowest BCUT2D eigenvalue weighted by molar-refractivity contribution is 0.0820. The molecule has 0 radical (unpaired) electrons. The Morgan fingerprint density at radius 1 is 1.50 bits per heavy atom. The SMILES string of the molecule is COCC(C)(C)NC(=O)c1cc(Cl)ccc1NN. The number of hydrogen-bond donors (Lipinski definition) is 3. The fourth-order valence-electron chi connectivity index (χ4n) is 1.60. The molecule has 0 spiro atoms. The average molecular weight is 272 g/mol. The molecule has 5 nitrogen and oxygen atoms in total. The van der Waals surface area contributed by atoms with E-state index in [9.17, 15) is 4.79 Å². The zero-order chi connectivity index (χ0) is 13.8. The molecule has 0 saturated heterocycles. The molecule has 0 aliphatic heterocycles. The first kappa shape index (κ1) is 14.8. The van der Waals surface area contributed by atoms with Crippen molar-refractivity contribution in [2.75, 3.05) is 19.1 Å². The summed E-state index contributed by atoms with van der Waals surface area (Å²) in [6.07, 6.45) is 0. The van der Waals surface area contributed by atoms with E-state index in [1.807, 2.05) is 13.8 Å². The van der Waals surface area contributed by atoms with Crippen LogP contribution in [0, 0.1) is 0 Å². The van der Waals surface area contributed by atoms with Crippen molar-refractivity contribution in [3.8, 4) is 0 Å². The van der Waals surface area contributed by atoms with Crippen LogP contribution >= 0.6 is 11.6 Å². The van der Waals surface area contributed by atoms with Gasteiger partial charge >= 0.3 is 0 Å². The highest BCUT2D eigenvalue weighted by atomic mass is 35.5. The molecule has 18 heavy (non-hydrogen) atoms. The van der Waals surface area contributed by atoms with Gasteiger partial charge in [-0.05, 0) is 32.0 Å². The van der Waals surface area contributed by atoms with Gasteiger partial charge in [0.2, 0.25) is 0 Å². The summed E-state index contributed by atoms with van der Waals surface area (Å²) in [7, 11) is 1.58. The van der Waals surface area contributed by atoms with E-state index >= 15 is 0 Å². The van der Waals surface area contributed by atoms with Gasteiger partial charge in [-0.3, -0.25) is 10.6 Å². The molecule has 0 saturated carbocycles. The predicted octanol–water partition coefficient (Wildman–Crippen LogP) is 1.78. The maximum Gasteiger partial charge on any atom is 0.253 e. The third kappa shape index (κ3) is 3.87. The summed E-state index contributed by atoms with van der Waals surface area (Å²) < 4.78 is 5.04. The van der Waals surface area contributed by atoms with Crippen LogP contribution in [0.5, 0.6) is 0 Å². The minimum atomic E-state index is -0.472. The molecule has 6 heteroatoms. The van der Waals surface area contributed by atoms with Gasteiger partial charge in [-0.25, -0.2) is 0 Å². The standard InChI is InChI=1S/C12H18ClN3O2/c1-12(2,7-18-3)15-11(17)9-6-8(13)4-5-10(9)16-14/h4-6,16H,7,14H2,1-3H3,(H,15,17). The number of hydrazine groups is 1. The van der Waals surface area contributed by atoms with Crippen LogP contribution in [0.15, 0.2) is 18.2 Å². The monoisotopic (exact) mass is 271 g/mol. The molecule has 1 amide bonds. The number of benzene rings is 1. The Bertz CT molecular complexity index is 435. The van der Waals surface area contributed by atoms with Crippen molar-refractivity contribution in [2.45, 2.75) is 19.4 Å². The lowest BCUT2D eigenvalue weighted by Gasteiger charge is -2.25. The number of nitrogen functional groups attached to an aromatic ring is 1. The van der Waals surface area contributed by atoms with Crippen LogP contribution < -0.4 is 16.6 Å². The van der Waals surface area contributed by atoms with Crippen molar-refractivity contribution in [3.63, 3.8) is 0 Å². The zero-order valence-corrected chi connectivity index (χ0v) is 11.5. The van der Waals surface area contributed by atoms with Crippen LogP contribution in [0.3, 0.4) is 0 Å². The summed E-state index contributed by atoms with van der Waals surface area (Å²) in [6, 6.07) is 4.88. The molecule has 4 N–H and O–H groups in total. The van der Waals surface area contributed by atoms with E-state index in [-0.39, 0.29) is 5.91 Å². The molecule has 0 atom stereocenters. The smallest absolute Gasteiger partial charge is 0.253 e. The third-order valence-electron chi connectivity index (χ3n) is 2.34. The topological polar surface area (TPSA) is 76.4 Å². The van der Waals surface area contributed by atoms with Crippen LogP contribution in [-0.4, -0.2) is 25.2 Å². The average Bonchev–Trinajstić information content (AvgIpc) is 2.28. The molecule has 1 aromatic rings. The molecular weight excluding hydrogens is 254 g/mol. The number of methoxy groups -OCH3 is 1. The largest absolute Gasteiger partial charge is 0.382 e. The van der Waals surface area contributed by atoms with E-state index in [0.717, 1.165) is 0 Å². The van der Waals surface area contributed by atoms with Gasteiger partial charge < -0.3 is 15.5 Å². The van der Waals surface area contributed by atoms with E-state index < -0.39 is 5.54 Å². The van der Waals surface area contributed by atoms with Crippen molar-refractivity contribution in [1.82, 2.24) is 5.32 Å². The molecular formula is C12H18ClN3O2. The number of carbonyl (C=O) groups is 1. The number of anilines is 1. The maximum absolute atomic E-state index is 12.1. The number of halogens is 1. The summed E-state index contributed by atoms with van der Waals surface area (Å²) in [6.45, 7) is 4.15. The Hall–Kier alpha value is -1.30. The van der Waals surface area contributed by atoms with Gasteiger partial charge in [0.25, 0.3) is 5.91 Å². The Morgan fingerprint density at radius 2 is 2.17 bits per heavy atom. The summed E-state index contributed by atoms with van der Waals surface area (Å²) >= 11 is 5.88. The van der Waals surface area contributed by atoms with Crippen LogP contribution in [0.2, 0.25) is 5.02 Å². The number of nitrogens with two attached hydrogens (primary N) is 1. The van der Waals surface area contributed by atoms with Crippen molar-refractivity contribution in [3.05, 3.63) is 28.8 Å². The maximum atomic E-state index is 12.1. The Morgan fingerprint density at radius 3 is 2.72 bits per heavy atom. The molecule has 1 rings (SSSR count). The molecule has 0 bridgehead atoms. The van der Waals surface area contributed by atoms with Gasteiger partial charge in [-0.15, -0.1) is 0 Å². The summed E-state index contributed by atoms with van der Waals surface area (Å²) in [4.78, 5) is 12.1. The molecule has 0 aliphatic rings. The number of ether oxygens (including phenoxy) is 1. The Balaban J connectivity index is 2.93. The second-order valence-corrected chi connectivity index (χ2v) is 5.04. The zero-order valence-electron chi connectivity index (χ0n) is 10.7. The first-order valence-corrected chi connectivity index (χ1v) is 5.85. The number of rotatable bonds is 5. The summed E-state index contributed by atoms with van der Waals surface area (Å²) in [5.41, 5.74) is 2.91. The fourth-order valence-corrected chi connectivity index (χ4v) is 1.77. The highest BCUT2D eigenvalue weighted by Gasteiger charge is 2.22. The first-order chi connectivity index (χ1) is 8.39. The van der Waals surface area contributed by atoms with Crippen LogP contribution in [0.1, 0.15) is 24.2 Å². The Kier molecular flexibility index (Phi) is 4.95. The lowest BCUT2D eigenvalue weighted by atomic mass is 10.1. The molecule has 0 heterocycles.